The zero-order chi connectivity index (χ0) is 13.8. The van der Waals surface area contributed by atoms with Crippen molar-refractivity contribution in [2.45, 2.75) is 32.0 Å². The highest BCUT2D eigenvalue weighted by Crippen LogP contribution is 2.29. The Balaban J connectivity index is 2.05. The Morgan fingerprint density at radius 3 is 2.84 bits per heavy atom. The van der Waals surface area contributed by atoms with Crippen molar-refractivity contribution < 1.29 is 4.79 Å². The molecule has 5 heteroatoms. The predicted octanol–water partition coefficient (Wildman–Crippen LogP) is 1.91. The fourth-order valence-electron chi connectivity index (χ4n) is 2.45. The van der Waals surface area contributed by atoms with Crippen LogP contribution in [0.4, 0.5) is 0 Å². The molecule has 1 aliphatic heterocycles. The largest absolute Gasteiger partial charge is 0.321 e. The summed E-state index contributed by atoms with van der Waals surface area (Å²) in [6.07, 6.45) is 1.93. The highest BCUT2D eigenvalue weighted by molar-refractivity contribution is 7.10. The lowest BCUT2D eigenvalue weighted by atomic mass is 10.2. The van der Waals surface area contributed by atoms with Crippen LogP contribution < -0.4 is 5.32 Å². The molecular formula is C14H23N3OS. The van der Waals surface area contributed by atoms with Crippen LogP contribution in [0.1, 0.15) is 30.8 Å². The van der Waals surface area contributed by atoms with Gasteiger partial charge in [0.05, 0.1) is 6.04 Å². The molecular weight excluding hydrogens is 258 g/mol. The quantitative estimate of drug-likeness (QED) is 0.865. The number of nitrogens with zero attached hydrogens (tertiary/aromatic N) is 2. The lowest BCUT2D eigenvalue weighted by Crippen LogP contribution is -2.33. The van der Waals surface area contributed by atoms with E-state index in [4.69, 9.17) is 0 Å². The zero-order valence-electron chi connectivity index (χ0n) is 11.9. The van der Waals surface area contributed by atoms with Gasteiger partial charge >= 0.3 is 0 Å². The van der Waals surface area contributed by atoms with E-state index in [9.17, 15) is 4.79 Å². The molecule has 1 N–H and O–H groups in total. The summed E-state index contributed by atoms with van der Waals surface area (Å²) in [5.41, 5.74) is 0. The molecule has 1 aliphatic rings. The Hall–Kier alpha value is -0.910. The SMILES string of the molecule is CCC1NC(c2cccs2)N(CCCN(C)C)C1=O. The molecule has 2 rings (SSSR count). The van der Waals surface area contributed by atoms with Crippen LogP contribution in [0.25, 0.3) is 0 Å². The van der Waals surface area contributed by atoms with Gasteiger partial charge in [0.1, 0.15) is 6.17 Å². The van der Waals surface area contributed by atoms with E-state index in [1.54, 1.807) is 11.3 Å². The van der Waals surface area contributed by atoms with Crippen molar-refractivity contribution in [1.29, 1.82) is 0 Å². The first kappa shape index (κ1) is 14.5. The Morgan fingerprint density at radius 1 is 1.47 bits per heavy atom. The summed E-state index contributed by atoms with van der Waals surface area (Å²) in [6, 6.07) is 4.13. The number of thiophene rings is 1. The molecule has 4 nitrogen and oxygen atoms in total. The molecule has 1 aromatic rings. The Morgan fingerprint density at radius 2 is 2.26 bits per heavy atom. The van der Waals surface area contributed by atoms with Crippen LogP contribution in [0.3, 0.4) is 0 Å². The van der Waals surface area contributed by atoms with Gasteiger partial charge in [-0.05, 0) is 44.9 Å². The van der Waals surface area contributed by atoms with Gasteiger partial charge in [-0.25, -0.2) is 0 Å². The molecule has 2 heterocycles. The van der Waals surface area contributed by atoms with Crippen molar-refractivity contribution in [2.75, 3.05) is 27.2 Å². The van der Waals surface area contributed by atoms with E-state index in [-0.39, 0.29) is 18.1 Å². The third-order valence-corrected chi connectivity index (χ3v) is 4.40. The molecule has 0 radical (unpaired) electrons. The lowest BCUT2D eigenvalue weighted by molar-refractivity contribution is -0.130. The van der Waals surface area contributed by atoms with Crippen LogP contribution in [-0.2, 0) is 4.79 Å². The van der Waals surface area contributed by atoms with Crippen LogP contribution in [0.5, 0.6) is 0 Å². The summed E-state index contributed by atoms with van der Waals surface area (Å²) in [7, 11) is 4.13. The summed E-state index contributed by atoms with van der Waals surface area (Å²) in [5.74, 6) is 0.250. The van der Waals surface area contributed by atoms with Gasteiger partial charge in [-0.3, -0.25) is 10.1 Å². The first-order valence-electron chi connectivity index (χ1n) is 6.88. The molecule has 0 spiro atoms. The molecule has 0 bridgehead atoms. The van der Waals surface area contributed by atoms with Gasteiger partial charge in [0.15, 0.2) is 0 Å². The topological polar surface area (TPSA) is 35.6 Å². The smallest absolute Gasteiger partial charge is 0.241 e. The molecule has 2 unspecified atom stereocenters. The molecule has 106 valence electrons. The number of rotatable bonds is 6. The third-order valence-electron chi connectivity index (χ3n) is 3.48. The molecule has 1 saturated heterocycles. The molecule has 0 aliphatic carbocycles. The second-order valence-electron chi connectivity index (χ2n) is 5.23. The lowest BCUT2D eigenvalue weighted by Gasteiger charge is -2.24. The monoisotopic (exact) mass is 281 g/mol. The number of hydrogen-bond acceptors (Lipinski definition) is 4. The minimum Gasteiger partial charge on any atom is -0.321 e. The van der Waals surface area contributed by atoms with Crippen LogP contribution in [0, 0.1) is 0 Å². The average Bonchev–Trinajstić information content (AvgIpc) is 2.98. The molecule has 19 heavy (non-hydrogen) atoms. The van der Waals surface area contributed by atoms with E-state index >= 15 is 0 Å². The van der Waals surface area contributed by atoms with E-state index in [1.165, 1.54) is 4.88 Å². The van der Waals surface area contributed by atoms with Crippen molar-refractivity contribution in [1.82, 2.24) is 15.1 Å². The van der Waals surface area contributed by atoms with E-state index in [0.29, 0.717) is 0 Å². The van der Waals surface area contributed by atoms with Gasteiger partial charge in [-0.15, -0.1) is 11.3 Å². The average molecular weight is 281 g/mol. The Labute approximate surface area is 119 Å². The summed E-state index contributed by atoms with van der Waals surface area (Å²) in [4.78, 5) is 17.8. The van der Waals surface area contributed by atoms with Crippen molar-refractivity contribution in [2.24, 2.45) is 0 Å². The highest BCUT2D eigenvalue weighted by Gasteiger charge is 2.38. The van der Waals surface area contributed by atoms with Gasteiger partial charge in [0, 0.05) is 11.4 Å². The third kappa shape index (κ3) is 3.35. The Bertz CT molecular complexity index is 405. The first-order valence-corrected chi connectivity index (χ1v) is 7.76. The summed E-state index contributed by atoms with van der Waals surface area (Å²) < 4.78 is 0. The number of nitrogens with one attached hydrogen (secondary N) is 1. The number of carbonyl (C=O) groups is 1. The van der Waals surface area contributed by atoms with E-state index in [0.717, 1.165) is 25.9 Å². The number of amides is 1. The fraction of sp³-hybridized carbons (Fsp3) is 0.643. The van der Waals surface area contributed by atoms with Gasteiger partial charge in [-0.1, -0.05) is 13.0 Å². The Kier molecular flexibility index (Phi) is 4.96. The fourth-order valence-corrected chi connectivity index (χ4v) is 3.25. The first-order chi connectivity index (χ1) is 9.13. The van der Waals surface area contributed by atoms with Gasteiger partial charge in [0.25, 0.3) is 0 Å². The van der Waals surface area contributed by atoms with Crippen LogP contribution >= 0.6 is 11.3 Å². The second kappa shape index (κ2) is 6.50. The standard InChI is InChI=1S/C14H23N3OS/c1-4-11-14(18)17(9-6-8-16(2)3)13(15-11)12-7-5-10-19-12/h5,7,10-11,13,15H,4,6,8-9H2,1-3H3. The maximum absolute atomic E-state index is 12.4. The maximum Gasteiger partial charge on any atom is 0.241 e. The van der Waals surface area contributed by atoms with Crippen molar-refractivity contribution >= 4 is 17.2 Å². The van der Waals surface area contributed by atoms with Gasteiger partial charge in [0.2, 0.25) is 5.91 Å². The van der Waals surface area contributed by atoms with Crippen LogP contribution in [0.15, 0.2) is 17.5 Å². The number of carbonyl (C=O) groups excluding carboxylic acids is 1. The molecule has 1 amide bonds. The number of hydrogen-bond donors (Lipinski definition) is 1. The maximum atomic E-state index is 12.4. The van der Waals surface area contributed by atoms with Gasteiger partial charge in [-0.2, -0.15) is 0 Å². The normalized spacial score (nSPS) is 23.6. The van der Waals surface area contributed by atoms with Crippen molar-refractivity contribution in [3.8, 4) is 0 Å². The molecule has 1 fully saturated rings. The van der Waals surface area contributed by atoms with E-state index < -0.39 is 0 Å². The minimum absolute atomic E-state index is 0.0218. The van der Waals surface area contributed by atoms with Gasteiger partial charge < -0.3 is 9.80 Å². The van der Waals surface area contributed by atoms with Crippen LogP contribution in [0.2, 0.25) is 0 Å². The zero-order valence-corrected chi connectivity index (χ0v) is 12.7. The van der Waals surface area contributed by atoms with E-state index in [2.05, 4.69) is 42.7 Å². The second-order valence-corrected chi connectivity index (χ2v) is 6.21. The highest BCUT2D eigenvalue weighted by atomic mass is 32.1. The summed E-state index contributed by atoms with van der Waals surface area (Å²) >= 11 is 1.71. The van der Waals surface area contributed by atoms with Crippen LogP contribution in [-0.4, -0.2) is 48.9 Å². The molecule has 1 aromatic heterocycles. The molecule has 0 saturated carbocycles. The molecule has 0 aromatic carbocycles. The minimum atomic E-state index is -0.0218. The molecule has 2 atom stereocenters. The van der Waals surface area contributed by atoms with Crippen molar-refractivity contribution in [3.63, 3.8) is 0 Å². The summed E-state index contributed by atoms with van der Waals surface area (Å²) in [6.45, 7) is 3.89. The van der Waals surface area contributed by atoms with E-state index in [1.807, 2.05) is 11.0 Å². The predicted molar refractivity (Wildman–Crippen MR) is 79.2 cm³/mol. The van der Waals surface area contributed by atoms with Crippen molar-refractivity contribution in [3.05, 3.63) is 22.4 Å². The summed E-state index contributed by atoms with van der Waals surface area (Å²) in [5, 5.41) is 5.52.